The third-order valence-corrected chi connectivity index (χ3v) is 6.85. The summed E-state index contributed by atoms with van der Waals surface area (Å²) >= 11 is 7.53. The van der Waals surface area contributed by atoms with Crippen LogP contribution in [0.5, 0.6) is 5.75 Å². The normalized spacial score (nSPS) is 24.3. The third-order valence-electron chi connectivity index (χ3n) is 5.53. The maximum atomic E-state index is 13.4. The van der Waals surface area contributed by atoms with Gasteiger partial charge in [0, 0.05) is 10.6 Å². The van der Waals surface area contributed by atoms with E-state index in [-0.39, 0.29) is 5.56 Å². The van der Waals surface area contributed by atoms with Crippen LogP contribution in [0.3, 0.4) is 0 Å². The predicted octanol–water partition coefficient (Wildman–Crippen LogP) is 2.51. The van der Waals surface area contributed by atoms with Gasteiger partial charge in [0.25, 0.3) is 5.56 Å². The minimum Gasteiger partial charge on any atom is -0.469 e. The highest BCUT2D eigenvalue weighted by Gasteiger charge is 2.55. The van der Waals surface area contributed by atoms with E-state index in [1.165, 1.54) is 18.4 Å². The van der Waals surface area contributed by atoms with Gasteiger partial charge in [-0.25, -0.2) is 4.99 Å². The first-order chi connectivity index (χ1) is 14.4. The second-order valence-corrected chi connectivity index (χ2v) is 8.76. The Labute approximate surface area is 180 Å². The zero-order valence-corrected chi connectivity index (χ0v) is 17.7. The number of carbonyl (C=O) groups is 1. The highest BCUT2D eigenvalue weighted by atomic mass is 35.5. The molecule has 0 saturated heterocycles. The topological polar surface area (TPSA) is 69.9 Å². The lowest BCUT2D eigenvalue weighted by atomic mass is 9.81. The number of fused-ring (bicyclic) bond motifs is 6. The lowest BCUT2D eigenvalue weighted by Crippen LogP contribution is -2.58. The van der Waals surface area contributed by atoms with Crippen LogP contribution in [0.4, 0.5) is 0 Å². The Morgan fingerprint density at radius 3 is 2.77 bits per heavy atom. The molecule has 2 aliphatic heterocycles. The van der Waals surface area contributed by atoms with Crippen molar-refractivity contribution in [2.45, 2.75) is 18.7 Å². The Bertz CT molecular complexity index is 1360. The molecular formula is C22H17ClN2O4S. The molecule has 2 bridgehead atoms. The van der Waals surface area contributed by atoms with Crippen LogP contribution in [0, 0.1) is 5.92 Å². The van der Waals surface area contributed by atoms with Gasteiger partial charge in [0.1, 0.15) is 11.7 Å². The zero-order chi connectivity index (χ0) is 21.0. The van der Waals surface area contributed by atoms with E-state index in [0.29, 0.717) is 20.1 Å². The summed E-state index contributed by atoms with van der Waals surface area (Å²) in [5.74, 6) is -0.652. The minimum absolute atomic E-state index is 0.226. The number of thiazole rings is 1. The molecule has 3 atom stereocenters. The van der Waals surface area contributed by atoms with Crippen LogP contribution in [-0.2, 0) is 9.53 Å². The maximum Gasteiger partial charge on any atom is 0.317 e. The molecule has 6 nitrogen and oxygen atoms in total. The van der Waals surface area contributed by atoms with E-state index in [1.807, 2.05) is 42.5 Å². The molecule has 3 aromatic rings. The number of carbonyl (C=O) groups excluding carboxylic acids is 1. The molecule has 8 heteroatoms. The molecule has 5 rings (SSSR count). The number of aromatic nitrogens is 1. The van der Waals surface area contributed by atoms with Crippen molar-refractivity contribution in [3.8, 4) is 5.75 Å². The summed E-state index contributed by atoms with van der Waals surface area (Å²) in [5.41, 5.74) is 0.0956. The van der Waals surface area contributed by atoms with Crippen LogP contribution in [0.1, 0.15) is 24.1 Å². The van der Waals surface area contributed by atoms with Gasteiger partial charge in [0.05, 0.1) is 17.7 Å². The average molecular weight is 441 g/mol. The first-order valence-corrected chi connectivity index (χ1v) is 10.6. The van der Waals surface area contributed by atoms with Crippen LogP contribution in [0.15, 0.2) is 58.3 Å². The summed E-state index contributed by atoms with van der Waals surface area (Å²) in [6, 6.07) is 14.1. The Balaban J connectivity index is 1.81. The second-order valence-electron chi connectivity index (χ2n) is 7.34. The largest absolute Gasteiger partial charge is 0.469 e. The molecule has 3 unspecified atom stereocenters. The third kappa shape index (κ3) is 2.73. The highest BCUT2D eigenvalue weighted by molar-refractivity contribution is 7.07. The van der Waals surface area contributed by atoms with Gasteiger partial charge in [0.2, 0.25) is 5.72 Å². The van der Waals surface area contributed by atoms with Crippen molar-refractivity contribution in [3.05, 3.63) is 84.4 Å². The second kappa shape index (κ2) is 6.82. The van der Waals surface area contributed by atoms with Gasteiger partial charge in [-0.2, -0.15) is 0 Å². The van der Waals surface area contributed by atoms with E-state index in [0.717, 1.165) is 11.1 Å². The van der Waals surface area contributed by atoms with E-state index < -0.39 is 23.7 Å². The maximum absolute atomic E-state index is 13.4. The number of nitrogens with zero attached hydrogens (tertiary/aromatic N) is 2. The Morgan fingerprint density at radius 1 is 1.27 bits per heavy atom. The molecule has 0 aliphatic carbocycles. The summed E-state index contributed by atoms with van der Waals surface area (Å²) in [7, 11) is 1.33. The first-order valence-electron chi connectivity index (χ1n) is 9.36. The molecule has 1 aromatic heterocycles. The van der Waals surface area contributed by atoms with Gasteiger partial charge < -0.3 is 9.47 Å². The number of hydrogen-bond acceptors (Lipinski definition) is 6. The summed E-state index contributed by atoms with van der Waals surface area (Å²) in [4.78, 5) is 31.4. The lowest BCUT2D eigenvalue weighted by molar-refractivity contribution is -0.158. The van der Waals surface area contributed by atoms with Gasteiger partial charge in [-0.3, -0.25) is 14.2 Å². The van der Waals surface area contributed by atoms with Crippen molar-refractivity contribution in [3.63, 3.8) is 0 Å². The summed E-state index contributed by atoms with van der Waals surface area (Å²) < 4.78 is 13.3. The molecule has 0 amide bonds. The average Bonchev–Trinajstić information content (AvgIpc) is 3.02. The number of ether oxygens (including phenoxy) is 2. The van der Waals surface area contributed by atoms with Crippen molar-refractivity contribution in [2.24, 2.45) is 10.9 Å². The van der Waals surface area contributed by atoms with E-state index in [1.54, 1.807) is 23.6 Å². The number of methoxy groups -OCH3 is 1. The lowest BCUT2D eigenvalue weighted by Gasteiger charge is -2.44. The SMILES string of the molecule is COC(=O)C1C2c3ccccc3OC1(C)N=c1sc(=Cc3ccccc3Cl)c(=O)n12. The summed E-state index contributed by atoms with van der Waals surface area (Å²) in [6.45, 7) is 1.75. The monoisotopic (exact) mass is 440 g/mol. The van der Waals surface area contributed by atoms with Gasteiger partial charge >= 0.3 is 5.97 Å². The molecule has 0 saturated carbocycles. The van der Waals surface area contributed by atoms with E-state index >= 15 is 0 Å². The van der Waals surface area contributed by atoms with Crippen LogP contribution >= 0.6 is 22.9 Å². The number of benzene rings is 2. The van der Waals surface area contributed by atoms with Gasteiger partial charge in [-0.1, -0.05) is 59.3 Å². The molecule has 0 radical (unpaired) electrons. The quantitative estimate of drug-likeness (QED) is 0.574. The standard InChI is InChI=1S/C22H17ClN2O4S/c1-22-17(20(27)28-2)18(13-8-4-6-10-15(13)29-22)25-19(26)16(30-21(25)24-22)11-12-7-3-5-9-14(12)23/h3-11,17-18H,1-2H3. The number of esters is 1. The smallest absolute Gasteiger partial charge is 0.317 e. The number of para-hydroxylation sites is 1. The van der Waals surface area contributed by atoms with Crippen LogP contribution in [0.2, 0.25) is 5.02 Å². The van der Waals surface area contributed by atoms with Crippen molar-refractivity contribution in [2.75, 3.05) is 7.11 Å². The van der Waals surface area contributed by atoms with Crippen LogP contribution in [0.25, 0.3) is 6.08 Å². The number of rotatable bonds is 2. The fourth-order valence-electron chi connectivity index (χ4n) is 4.16. The van der Waals surface area contributed by atoms with Crippen molar-refractivity contribution in [1.82, 2.24) is 4.57 Å². The number of halogens is 1. The molecule has 3 heterocycles. The molecule has 2 aliphatic rings. The fourth-order valence-corrected chi connectivity index (χ4v) is 5.44. The van der Waals surface area contributed by atoms with E-state index in [2.05, 4.69) is 0 Å². The Morgan fingerprint density at radius 2 is 2.00 bits per heavy atom. The van der Waals surface area contributed by atoms with Gasteiger partial charge in [-0.15, -0.1) is 0 Å². The first kappa shape index (κ1) is 19.1. The zero-order valence-electron chi connectivity index (χ0n) is 16.2. The molecule has 30 heavy (non-hydrogen) atoms. The molecule has 152 valence electrons. The fraction of sp³-hybridized carbons (Fsp3) is 0.227. The van der Waals surface area contributed by atoms with Gasteiger partial charge in [0.15, 0.2) is 4.80 Å². The minimum atomic E-state index is -1.18. The Kier molecular flexibility index (Phi) is 4.34. The predicted molar refractivity (Wildman–Crippen MR) is 113 cm³/mol. The molecule has 0 spiro atoms. The molecular weight excluding hydrogens is 424 g/mol. The van der Waals surface area contributed by atoms with Gasteiger partial charge in [-0.05, 0) is 30.7 Å². The van der Waals surface area contributed by atoms with E-state index in [4.69, 9.17) is 26.1 Å². The van der Waals surface area contributed by atoms with Crippen molar-refractivity contribution in [1.29, 1.82) is 0 Å². The van der Waals surface area contributed by atoms with E-state index in [9.17, 15) is 9.59 Å². The number of hydrogen-bond donors (Lipinski definition) is 0. The summed E-state index contributed by atoms with van der Waals surface area (Å²) in [6.07, 6.45) is 1.75. The molecule has 0 N–H and O–H groups in total. The van der Waals surface area contributed by atoms with Crippen LogP contribution < -0.4 is 19.6 Å². The molecule has 2 aromatic carbocycles. The highest BCUT2D eigenvalue weighted by Crippen LogP contribution is 2.47. The molecule has 0 fully saturated rings. The van der Waals surface area contributed by atoms with Crippen molar-refractivity contribution >= 4 is 35.0 Å². The Hall–Kier alpha value is -2.90. The van der Waals surface area contributed by atoms with Crippen molar-refractivity contribution < 1.29 is 14.3 Å². The van der Waals surface area contributed by atoms with Crippen LogP contribution in [-0.4, -0.2) is 23.4 Å². The summed E-state index contributed by atoms with van der Waals surface area (Å²) in [5, 5.41) is 0.553.